The van der Waals surface area contributed by atoms with Gasteiger partial charge in [-0.3, -0.25) is 4.79 Å². The number of benzene rings is 2. The van der Waals surface area contributed by atoms with Crippen molar-refractivity contribution in [2.45, 2.75) is 33.8 Å². The molecule has 0 aliphatic heterocycles. The minimum atomic E-state index is -0.605. The Morgan fingerprint density at radius 1 is 1.09 bits per heavy atom. The highest BCUT2D eigenvalue weighted by Gasteiger charge is 2.12. The molecule has 0 saturated heterocycles. The van der Waals surface area contributed by atoms with E-state index < -0.39 is 17.2 Å². The Kier molecular flexibility index (Phi) is 6.68. The number of ether oxygens (including phenoxy) is 2. The van der Waals surface area contributed by atoms with Crippen molar-refractivity contribution in [2.75, 3.05) is 6.61 Å². The van der Waals surface area contributed by atoms with Crippen LogP contribution in [0.25, 0.3) is 16.6 Å². The molecule has 0 unspecified atom stereocenters. The fraction of sp³-hybridized carbons (Fsp3) is 0.231. The molecule has 0 aliphatic carbocycles. The highest BCUT2D eigenvalue weighted by molar-refractivity contribution is 5.82. The summed E-state index contributed by atoms with van der Waals surface area (Å²) >= 11 is 0. The zero-order valence-electron chi connectivity index (χ0n) is 19.9. The maximum atomic E-state index is 12.7. The number of para-hydroxylation sites is 1. The summed E-state index contributed by atoms with van der Waals surface area (Å²) in [5, 5.41) is 4.55. The number of fused-ring (bicyclic) bond motifs is 1. The molecule has 0 aliphatic rings. The van der Waals surface area contributed by atoms with E-state index in [-0.39, 0.29) is 12.7 Å². The molecular formula is C26H26N4O5. The summed E-state index contributed by atoms with van der Waals surface area (Å²) in [5.41, 5.74) is 2.85. The summed E-state index contributed by atoms with van der Waals surface area (Å²) in [6.07, 6.45) is 1.31. The van der Waals surface area contributed by atoms with E-state index in [4.69, 9.17) is 9.47 Å². The molecule has 9 nitrogen and oxygen atoms in total. The predicted octanol–water partition coefficient (Wildman–Crippen LogP) is 3.31. The van der Waals surface area contributed by atoms with E-state index in [1.54, 1.807) is 50.2 Å². The molecule has 2 aromatic heterocycles. The normalized spacial score (nSPS) is 11.5. The molecule has 0 atom stereocenters. The molecular weight excluding hydrogens is 448 g/mol. The van der Waals surface area contributed by atoms with Crippen LogP contribution in [0.2, 0.25) is 0 Å². The molecule has 4 aromatic rings. The number of carbonyl (C=O) groups is 1. The highest BCUT2D eigenvalue weighted by Crippen LogP contribution is 2.22. The number of esters is 1. The van der Waals surface area contributed by atoms with Gasteiger partial charge in [-0.05, 0) is 70.2 Å². The van der Waals surface area contributed by atoms with Crippen LogP contribution in [-0.2, 0) is 9.53 Å². The summed E-state index contributed by atoms with van der Waals surface area (Å²) in [6, 6.07) is 16.0. The van der Waals surface area contributed by atoms with Gasteiger partial charge in [-0.1, -0.05) is 12.1 Å². The van der Waals surface area contributed by atoms with Crippen LogP contribution in [0.3, 0.4) is 0 Å². The Morgan fingerprint density at radius 2 is 1.80 bits per heavy atom. The third kappa shape index (κ3) is 5.08. The maximum absolute atomic E-state index is 12.7. The lowest BCUT2D eigenvalue weighted by molar-refractivity contribution is -0.149. The fourth-order valence-electron chi connectivity index (χ4n) is 3.82. The molecule has 9 heteroatoms. The molecule has 0 saturated carbocycles. The van der Waals surface area contributed by atoms with Gasteiger partial charge in [-0.2, -0.15) is 5.10 Å². The second-order valence-corrected chi connectivity index (χ2v) is 8.32. The molecule has 2 aromatic carbocycles. The Hall–Kier alpha value is -4.40. The minimum absolute atomic E-state index is 0.160. The quantitative estimate of drug-likeness (QED) is 0.327. The van der Waals surface area contributed by atoms with Crippen molar-refractivity contribution >= 4 is 23.1 Å². The Morgan fingerprint density at radius 3 is 2.51 bits per heavy atom. The van der Waals surface area contributed by atoms with Gasteiger partial charge in [-0.25, -0.2) is 9.59 Å². The van der Waals surface area contributed by atoms with Gasteiger partial charge < -0.3 is 19.0 Å². The molecule has 0 spiro atoms. The first kappa shape index (κ1) is 23.7. The lowest BCUT2D eigenvalue weighted by Gasteiger charge is -2.12. The first-order valence-corrected chi connectivity index (χ1v) is 11.1. The summed E-state index contributed by atoms with van der Waals surface area (Å²) in [7, 11) is 0. The van der Waals surface area contributed by atoms with Crippen LogP contribution in [-0.4, -0.2) is 39.1 Å². The molecule has 0 amide bonds. The Bertz CT molecular complexity index is 1520. The second kappa shape index (κ2) is 9.84. The average molecular weight is 475 g/mol. The van der Waals surface area contributed by atoms with E-state index in [0.717, 1.165) is 27.3 Å². The van der Waals surface area contributed by atoms with Crippen molar-refractivity contribution in [3.63, 3.8) is 0 Å². The predicted molar refractivity (Wildman–Crippen MR) is 134 cm³/mol. The molecule has 180 valence electrons. The molecule has 1 N–H and O–H groups in total. The third-order valence-corrected chi connectivity index (χ3v) is 5.39. The molecule has 0 bridgehead atoms. The van der Waals surface area contributed by atoms with Gasteiger partial charge in [0.2, 0.25) is 0 Å². The Balaban J connectivity index is 1.57. The number of hydrogen-bond acceptors (Lipinski definition) is 6. The van der Waals surface area contributed by atoms with E-state index in [2.05, 4.69) is 10.1 Å². The topological polar surface area (TPSA) is 108 Å². The van der Waals surface area contributed by atoms with Gasteiger partial charge in [0, 0.05) is 22.6 Å². The van der Waals surface area contributed by atoms with Crippen molar-refractivity contribution in [2.24, 2.45) is 5.10 Å². The van der Waals surface area contributed by atoms with Gasteiger partial charge in [0.05, 0.1) is 23.2 Å². The van der Waals surface area contributed by atoms with E-state index in [1.165, 1.54) is 6.21 Å². The number of H-pyrrole nitrogens is 1. The zero-order valence-corrected chi connectivity index (χ0v) is 19.9. The van der Waals surface area contributed by atoms with E-state index in [9.17, 15) is 14.4 Å². The summed E-state index contributed by atoms with van der Waals surface area (Å²) in [4.78, 5) is 39.4. The lowest BCUT2D eigenvalue weighted by Crippen LogP contribution is -2.32. The van der Waals surface area contributed by atoms with E-state index >= 15 is 0 Å². The number of aromatic amines is 1. The first-order valence-electron chi connectivity index (χ1n) is 11.1. The van der Waals surface area contributed by atoms with Crippen molar-refractivity contribution in [3.8, 4) is 11.4 Å². The monoisotopic (exact) mass is 474 g/mol. The second-order valence-electron chi connectivity index (χ2n) is 8.32. The van der Waals surface area contributed by atoms with Gasteiger partial charge in [0.1, 0.15) is 5.75 Å². The highest BCUT2D eigenvalue weighted by atomic mass is 16.6. The molecule has 0 fully saturated rings. The first-order chi connectivity index (χ1) is 16.7. The van der Waals surface area contributed by atoms with Crippen molar-refractivity contribution < 1.29 is 14.3 Å². The number of hydrogen-bond donors (Lipinski definition) is 1. The van der Waals surface area contributed by atoms with Crippen LogP contribution in [0.4, 0.5) is 0 Å². The largest absolute Gasteiger partial charge is 0.482 e. The van der Waals surface area contributed by atoms with Gasteiger partial charge in [0.15, 0.2) is 6.61 Å². The smallest absolute Gasteiger partial charge is 0.349 e. The van der Waals surface area contributed by atoms with Crippen LogP contribution in [0.1, 0.15) is 30.8 Å². The van der Waals surface area contributed by atoms with Crippen LogP contribution in [0, 0.1) is 13.8 Å². The number of nitrogens with zero attached hydrogens (tertiary/aromatic N) is 3. The number of carbonyl (C=O) groups excluding carboxylic acids is 1. The lowest BCUT2D eigenvalue weighted by atomic mass is 10.2. The standard InChI is InChI=1S/C26H26N4O5/c1-16(2)35-24(31)15-34-21-11-9-20(10-12-21)29-17(3)13-19(18(29)4)14-27-30-25(32)22-7-5-6-8-23(22)28-26(30)33/h5-14,16H,15H2,1-4H3,(H,28,33). The molecule has 4 rings (SSSR count). The van der Waals surface area contributed by atoms with Crippen LogP contribution < -0.4 is 16.0 Å². The number of aromatic nitrogens is 3. The van der Waals surface area contributed by atoms with Crippen LogP contribution in [0.5, 0.6) is 5.75 Å². The summed E-state index contributed by atoms with van der Waals surface area (Å²) in [5.74, 6) is 0.128. The fourth-order valence-corrected chi connectivity index (χ4v) is 3.82. The van der Waals surface area contributed by atoms with Gasteiger partial charge in [0.25, 0.3) is 5.56 Å². The van der Waals surface area contributed by atoms with E-state index in [0.29, 0.717) is 16.7 Å². The minimum Gasteiger partial charge on any atom is -0.482 e. The molecule has 0 radical (unpaired) electrons. The third-order valence-electron chi connectivity index (χ3n) is 5.39. The number of rotatable bonds is 7. The van der Waals surface area contributed by atoms with Crippen molar-refractivity contribution in [1.29, 1.82) is 0 Å². The van der Waals surface area contributed by atoms with Gasteiger partial charge in [-0.15, -0.1) is 4.68 Å². The zero-order chi connectivity index (χ0) is 25.1. The average Bonchev–Trinajstić information content (AvgIpc) is 3.10. The summed E-state index contributed by atoms with van der Waals surface area (Å²) < 4.78 is 13.4. The van der Waals surface area contributed by atoms with Crippen molar-refractivity contribution in [3.05, 3.63) is 92.4 Å². The maximum Gasteiger partial charge on any atom is 0.349 e. The molecule has 2 heterocycles. The van der Waals surface area contributed by atoms with Gasteiger partial charge >= 0.3 is 11.7 Å². The number of nitrogens with one attached hydrogen (secondary N) is 1. The van der Waals surface area contributed by atoms with Crippen LogP contribution in [0.15, 0.2) is 69.3 Å². The molecule has 35 heavy (non-hydrogen) atoms. The van der Waals surface area contributed by atoms with Crippen molar-refractivity contribution in [1.82, 2.24) is 14.2 Å². The van der Waals surface area contributed by atoms with E-state index in [1.807, 2.05) is 36.6 Å². The van der Waals surface area contributed by atoms with Crippen LogP contribution >= 0.6 is 0 Å². The Labute approximate surface area is 201 Å². The summed E-state index contributed by atoms with van der Waals surface area (Å²) in [6.45, 7) is 7.28. The number of aryl methyl sites for hydroxylation is 1. The SMILES string of the molecule is Cc1cc(C=Nn2c(=O)[nH]c3ccccc3c2=O)c(C)n1-c1ccc(OCC(=O)OC(C)C)cc1.